The monoisotopic (exact) mass is 324 g/mol. The van der Waals surface area contributed by atoms with Crippen molar-refractivity contribution in [1.29, 1.82) is 0 Å². The number of nitrogens with zero attached hydrogens (tertiary/aromatic N) is 2. The van der Waals surface area contributed by atoms with E-state index < -0.39 is 11.8 Å². The molecular formula is C20H24N2O2. The number of allylic oxidation sites excluding steroid dienone is 2. The third kappa shape index (κ3) is 3.14. The van der Waals surface area contributed by atoms with Crippen LogP contribution in [0.5, 0.6) is 0 Å². The molecule has 24 heavy (non-hydrogen) atoms. The molecule has 0 unspecified atom stereocenters. The normalized spacial score (nSPS) is 19.0. The molecule has 1 aliphatic heterocycles. The summed E-state index contributed by atoms with van der Waals surface area (Å²) in [5.41, 5.74) is 5.69. The Balaban J connectivity index is 1.76. The van der Waals surface area contributed by atoms with Crippen LogP contribution in [-0.2, 0) is 9.59 Å². The molecule has 1 heterocycles. The Kier molecular flexibility index (Phi) is 4.56. The van der Waals surface area contributed by atoms with Crippen LogP contribution in [-0.4, -0.2) is 36.3 Å². The fourth-order valence-corrected chi connectivity index (χ4v) is 3.35. The molecule has 0 atom stereocenters. The molecule has 4 heteroatoms. The smallest absolute Gasteiger partial charge is 0.316 e. The Bertz CT molecular complexity index is 746. The lowest BCUT2D eigenvalue weighted by Gasteiger charge is -2.35. The number of hydrogen-bond acceptors (Lipinski definition) is 2. The minimum Gasteiger partial charge on any atom is -0.328 e. The number of rotatable bonds is 3. The van der Waals surface area contributed by atoms with Crippen LogP contribution < -0.4 is 4.90 Å². The lowest BCUT2D eigenvalue weighted by Crippen LogP contribution is -2.55. The van der Waals surface area contributed by atoms with Gasteiger partial charge in [0.2, 0.25) is 0 Å². The van der Waals surface area contributed by atoms with E-state index in [-0.39, 0.29) is 0 Å². The fraction of sp³-hybridized carbons (Fsp3) is 0.400. The second-order valence-corrected chi connectivity index (χ2v) is 6.77. The standard InChI is InChI=1S/C20H24N2O2/c1-14-8-9-15(2)17(12-14)13-21-10-11-22(20(24)19(21)23)18-7-5-4-6-16(18)3/h4-7,12H,8-11,13H2,1-3H3. The van der Waals surface area contributed by atoms with Crippen molar-refractivity contribution in [3.05, 3.63) is 52.6 Å². The Hall–Kier alpha value is -2.36. The van der Waals surface area contributed by atoms with Gasteiger partial charge in [0, 0.05) is 25.3 Å². The van der Waals surface area contributed by atoms with Crippen LogP contribution >= 0.6 is 0 Å². The second-order valence-electron chi connectivity index (χ2n) is 6.77. The minimum atomic E-state index is -0.426. The highest BCUT2D eigenvalue weighted by Crippen LogP contribution is 2.26. The Morgan fingerprint density at radius 2 is 1.71 bits per heavy atom. The average molecular weight is 324 g/mol. The molecule has 0 bridgehead atoms. The molecular weight excluding hydrogens is 300 g/mol. The van der Waals surface area contributed by atoms with Gasteiger partial charge in [-0.15, -0.1) is 0 Å². The molecule has 0 aromatic heterocycles. The van der Waals surface area contributed by atoms with Crippen LogP contribution in [0.25, 0.3) is 0 Å². The van der Waals surface area contributed by atoms with Crippen molar-refractivity contribution >= 4 is 17.5 Å². The summed E-state index contributed by atoms with van der Waals surface area (Å²) in [6.07, 6.45) is 4.30. The fourth-order valence-electron chi connectivity index (χ4n) is 3.35. The molecule has 0 radical (unpaired) electrons. The first kappa shape index (κ1) is 16.5. The number of hydrogen-bond donors (Lipinski definition) is 0. The van der Waals surface area contributed by atoms with E-state index in [2.05, 4.69) is 19.9 Å². The Labute approximate surface area is 143 Å². The molecule has 2 amide bonds. The number of para-hydroxylation sites is 1. The van der Waals surface area contributed by atoms with Crippen molar-refractivity contribution in [3.63, 3.8) is 0 Å². The van der Waals surface area contributed by atoms with Gasteiger partial charge in [-0.2, -0.15) is 0 Å². The molecule has 0 N–H and O–H groups in total. The average Bonchev–Trinajstić information content (AvgIpc) is 2.56. The molecule has 0 spiro atoms. The maximum atomic E-state index is 12.6. The van der Waals surface area contributed by atoms with Gasteiger partial charge in [0.15, 0.2) is 0 Å². The van der Waals surface area contributed by atoms with Gasteiger partial charge in [-0.1, -0.05) is 35.4 Å². The van der Waals surface area contributed by atoms with E-state index in [1.165, 1.54) is 16.7 Å². The number of anilines is 1. The Morgan fingerprint density at radius 3 is 2.46 bits per heavy atom. The van der Waals surface area contributed by atoms with Crippen molar-refractivity contribution in [2.24, 2.45) is 0 Å². The largest absolute Gasteiger partial charge is 0.328 e. The number of piperazine rings is 1. The molecule has 1 aliphatic carbocycles. The quantitative estimate of drug-likeness (QED) is 0.801. The van der Waals surface area contributed by atoms with Crippen LogP contribution in [0.3, 0.4) is 0 Å². The highest BCUT2D eigenvalue weighted by molar-refractivity contribution is 6.41. The molecule has 1 aromatic carbocycles. The van der Waals surface area contributed by atoms with Crippen molar-refractivity contribution in [1.82, 2.24) is 4.90 Å². The van der Waals surface area contributed by atoms with Gasteiger partial charge >= 0.3 is 11.8 Å². The predicted molar refractivity (Wildman–Crippen MR) is 95.8 cm³/mol. The van der Waals surface area contributed by atoms with Crippen LogP contribution in [0, 0.1) is 6.92 Å². The SMILES string of the molecule is CC1=CC(CN2CCN(c3ccccc3C)C(=O)C2=O)=C(C)CC1. The number of amides is 2. The van der Waals surface area contributed by atoms with Crippen LogP contribution in [0.2, 0.25) is 0 Å². The first-order valence-electron chi connectivity index (χ1n) is 8.49. The molecule has 1 saturated heterocycles. The van der Waals surface area contributed by atoms with E-state index in [1.807, 2.05) is 31.2 Å². The molecule has 2 aliphatic rings. The second kappa shape index (κ2) is 6.63. The zero-order valence-electron chi connectivity index (χ0n) is 14.6. The van der Waals surface area contributed by atoms with E-state index >= 15 is 0 Å². The van der Waals surface area contributed by atoms with Crippen molar-refractivity contribution in [2.45, 2.75) is 33.6 Å². The first-order chi connectivity index (χ1) is 11.5. The van der Waals surface area contributed by atoms with Crippen molar-refractivity contribution < 1.29 is 9.59 Å². The van der Waals surface area contributed by atoms with E-state index in [9.17, 15) is 9.59 Å². The summed E-state index contributed by atoms with van der Waals surface area (Å²) in [5.74, 6) is -0.827. The van der Waals surface area contributed by atoms with Crippen molar-refractivity contribution in [2.75, 3.05) is 24.5 Å². The zero-order valence-corrected chi connectivity index (χ0v) is 14.6. The predicted octanol–water partition coefficient (Wildman–Crippen LogP) is 3.23. The van der Waals surface area contributed by atoms with E-state index in [4.69, 9.17) is 0 Å². The molecule has 0 saturated carbocycles. The molecule has 4 nitrogen and oxygen atoms in total. The van der Waals surface area contributed by atoms with Gasteiger partial charge < -0.3 is 9.80 Å². The van der Waals surface area contributed by atoms with E-state index in [0.717, 1.165) is 24.1 Å². The van der Waals surface area contributed by atoms with Gasteiger partial charge in [-0.05, 0) is 50.8 Å². The third-order valence-electron chi connectivity index (χ3n) is 4.94. The summed E-state index contributed by atoms with van der Waals surface area (Å²) in [6, 6.07) is 7.70. The summed E-state index contributed by atoms with van der Waals surface area (Å²) >= 11 is 0. The minimum absolute atomic E-state index is 0.401. The highest BCUT2D eigenvalue weighted by atomic mass is 16.2. The van der Waals surface area contributed by atoms with E-state index in [1.54, 1.807) is 9.80 Å². The summed E-state index contributed by atoms with van der Waals surface area (Å²) in [6.45, 7) is 7.86. The van der Waals surface area contributed by atoms with Crippen LogP contribution in [0.4, 0.5) is 5.69 Å². The lowest BCUT2D eigenvalue weighted by atomic mass is 9.93. The molecule has 1 fully saturated rings. The Morgan fingerprint density at radius 1 is 0.958 bits per heavy atom. The van der Waals surface area contributed by atoms with Crippen molar-refractivity contribution in [3.8, 4) is 0 Å². The zero-order chi connectivity index (χ0) is 17.3. The number of aryl methyl sites for hydroxylation is 1. The summed E-state index contributed by atoms with van der Waals surface area (Å²) < 4.78 is 0. The maximum Gasteiger partial charge on any atom is 0.316 e. The van der Waals surface area contributed by atoms with Gasteiger partial charge in [-0.3, -0.25) is 9.59 Å². The number of benzene rings is 1. The van der Waals surface area contributed by atoms with Gasteiger partial charge in [0.25, 0.3) is 0 Å². The van der Waals surface area contributed by atoms with Crippen LogP contribution in [0.1, 0.15) is 32.3 Å². The number of carbonyl (C=O) groups is 2. The van der Waals surface area contributed by atoms with Gasteiger partial charge in [0.05, 0.1) is 0 Å². The molecule has 126 valence electrons. The van der Waals surface area contributed by atoms with E-state index in [0.29, 0.717) is 19.6 Å². The van der Waals surface area contributed by atoms with Gasteiger partial charge in [0.1, 0.15) is 0 Å². The summed E-state index contributed by atoms with van der Waals surface area (Å²) in [4.78, 5) is 28.4. The first-order valence-corrected chi connectivity index (χ1v) is 8.49. The molecule has 3 rings (SSSR count). The molecule has 1 aromatic rings. The van der Waals surface area contributed by atoms with Crippen LogP contribution in [0.15, 0.2) is 47.1 Å². The summed E-state index contributed by atoms with van der Waals surface area (Å²) in [7, 11) is 0. The lowest BCUT2D eigenvalue weighted by molar-refractivity contribution is -0.145. The van der Waals surface area contributed by atoms with Gasteiger partial charge in [-0.25, -0.2) is 0 Å². The number of carbonyl (C=O) groups excluding carboxylic acids is 2. The highest BCUT2D eigenvalue weighted by Gasteiger charge is 2.34. The maximum absolute atomic E-state index is 12.6. The third-order valence-corrected chi connectivity index (χ3v) is 4.94. The summed E-state index contributed by atoms with van der Waals surface area (Å²) in [5, 5.41) is 0. The topological polar surface area (TPSA) is 40.6 Å².